The van der Waals surface area contributed by atoms with Crippen LogP contribution in [0.1, 0.15) is 0 Å². The molecule has 0 aliphatic carbocycles. The minimum absolute atomic E-state index is 0.691. The van der Waals surface area contributed by atoms with Crippen molar-refractivity contribution in [3.05, 3.63) is 182 Å². The molecule has 0 amide bonds. The average Bonchev–Trinajstić information content (AvgIpc) is 3.72. The Labute approximate surface area is 289 Å². The molecule has 0 saturated carbocycles. The van der Waals surface area contributed by atoms with Gasteiger partial charge in [0.25, 0.3) is 0 Å². The van der Waals surface area contributed by atoms with Crippen molar-refractivity contribution in [2.45, 2.75) is 0 Å². The van der Waals surface area contributed by atoms with E-state index >= 15 is 0 Å². The number of nitrogens with zero attached hydrogens (tertiary/aromatic N) is 4. The molecule has 0 unspecified atom stereocenters. The van der Waals surface area contributed by atoms with Crippen LogP contribution >= 0.6 is 0 Å². The Kier molecular flexibility index (Phi) is 6.46. The van der Waals surface area contributed by atoms with E-state index in [1.54, 1.807) is 0 Å². The Morgan fingerprint density at radius 3 is 1.24 bits per heavy atom. The fraction of sp³-hybridized carbons (Fsp3) is 0. The zero-order chi connectivity index (χ0) is 33.0. The second kappa shape index (κ2) is 11.4. The zero-order valence-corrected chi connectivity index (χ0v) is 27.1. The Balaban J connectivity index is 1.46. The Morgan fingerprint density at radius 2 is 0.720 bits per heavy atom. The first-order chi connectivity index (χ1) is 24.8. The minimum atomic E-state index is 0.691. The lowest BCUT2D eigenvalue weighted by Gasteiger charge is -2.20. The van der Waals surface area contributed by atoms with E-state index in [9.17, 15) is 0 Å². The van der Waals surface area contributed by atoms with Crippen LogP contribution in [-0.4, -0.2) is 19.1 Å². The summed E-state index contributed by atoms with van der Waals surface area (Å²) in [6.45, 7) is 0. The predicted molar refractivity (Wildman–Crippen MR) is 207 cm³/mol. The molecule has 7 aromatic carbocycles. The Bertz CT molecular complexity index is 2770. The van der Waals surface area contributed by atoms with Crippen molar-refractivity contribution in [1.82, 2.24) is 19.1 Å². The molecule has 10 rings (SSSR count). The third kappa shape index (κ3) is 4.32. The van der Waals surface area contributed by atoms with E-state index in [1.165, 1.54) is 27.1 Å². The molecule has 3 aromatic heterocycles. The van der Waals surface area contributed by atoms with E-state index in [0.717, 1.165) is 56.0 Å². The molecule has 4 nitrogen and oxygen atoms in total. The maximum absolute atomic E-state index is 5.43. The molecule has 4 heteroatoms. The van der Waals surface area contributed by atoms with Crippen LogP contribution in [0.15, 0.2) is 182 Å². The van der Waals surface area contributed by atoms with Crippen LogP contribution in [0.3, 0.4) is 0 Å². The lowest BCUT2D eigenvalue weighted by molar-refractivity contribution is 1.09. The summed E-state index contributed by atoms with van der Waals surface area (Å²) in [6, 6.07) is 64.1. The molecule has 3 heterocycles. The molecule has 0 fully saturated rings. The first-order valence-corrected chi connectivity index (χ1v) is 16.9. The van der Waals surface area contributed by atoms with Crippen molar-refractivity contribution in [1.29, 1.82) is 0 Å². The van der Waals surface area contributed by atoms with E-state index in [2.05, 4.69) is 173 Å². The highest BCUT2D eigenvalue weighted by molar-refractivity contribution is 6.24. The van der Waals surface area contributed by atoms with Crippen molar-refractivity contribution in [3.8, 4) is 45.3 Å². The first-order valence-electron chi connectivity index (χ1n) is 16.9. The molecule has 50 heavy (non-hydrogen) atoms. The summed E-state index contributed by atoms with van der Waals surface area (Å²) >= 11 is 0. The van der Waals surface area contributed by atoms with Gasteiger partial charge >= 0.3 is 0 Å². The van der Waals surface area contributed by atoms with Crippen molar-refractivity contribution < 1.29 is 0 Å². The molecule has 0 aliphatic rings. The van der Waals surface area contributed by atoms with Crippen LogP contribution in [-0.2, 0) is 0 Å². The summed E-state index contributed by atoms with van der Waals surface area (Å²) in [5.74, 6) is 0.691. The number of hydrogen-bond donors (Lipinski definition) is 0. The summed E-state index contributed by atoms with van der Waals surface area (Å²) < 4.78 is 4.86. The van der Waals surface area contributed by atoms with E-state index in [1.807, 2.05) is 18.2 Å². The van der Waals surface area contributed by atoms with Crippen molar-refractivity contribution in [2.75, 3.05) is 0 Å². The summed E-state index contributed by atoms with van der Waals surface area (Å²) in [6.07, 6.45) is 0. The lowest BCUT2D eigenvalue weighted by atomic mass is 10.0. The van der Waals surface area contributed by atoms with Crippen LogP contribution in [0.2, 0.25) is 0 Å². The number of fused-ring (bicyclic) bond motifs is 7. The molecule has 0 saturated heterocycles. The van der Waals surface area contributed by atoms with Crippen LogP contribution in [0.4, 0.5) is 0 Å². The number of para-hydroxylation sites is 3. The highest BCUT2D eigenvalue weighted by atomic mass is 15.1. The number of aromatic nitrogens is 4. The zero-order valence-electron chi connectivity index (χ0n) is 27.1. The van der Waals surface area contributed by atoms with Gasteiger partial charge in [-0.05, 0) is 24.3 Å². The number of rotatable bonds is 5. The molecular formula is C46H30N4. The smallest absolute Gasteiger partial charge is 0.160 e. The monoisotopic (exact) mass is 638 g/mol. The highest BCUT2D eigenvalue weighted by Crippen LogP contribution is 2.45. The molecule has 234 valence electrons. The van der Waals surface area contributed by atoms with Gasteiger partial charge in [0.2, 0.25) is 0 Å². The SMILES string of the molecule is c1ccc(-c2nc(-c3ccccc3)c(-n3c4ccccc4c4ccc5c6ccccc6n(-c6ccccc6)c5c43)c(-c3ccccc3)n2)cc1. The van der Waals surface area contributed by atoms with Crippen LogP contribution in [0.5, 0.6) is 0 Å². The van der Waals surface area contributed by atoms with E-state index < -0.39 is 0 Å². The van der Waals surface area contributed by atoms with Crippen molar-refractivity contribution >= 4 is 43.6 Å². The Hall–Kier alpha value is -6.78. The van der Waals surface area contributed by atoms with Gasteiger partial charge in [-0.25, -0.2) is 9.97 Å². The second-order valence-corrected chi connectivity index (χ2v) is 12.6. The fourth-order valence-corrected chi connectivity index (χ4v) is 7.56. The fourth-order valence-electron chi connectivity index (χ4n) is 7.56. The van der Waals surface area contributed by atoms with Crippen molar-refractivity contribution in [2.24, 2.45) is 0 Å². The van der Waals surface area contributed by atoms with Gasteiger partial charge in [0.1, 0.15) is 0 Å². The van der Waals surface area contributed by atoms with Gasteiger partial charge < -0.3 is 9.13 Å². The topological polar surface area (TPSA) is 35.6 Å². The van der Waals surface area contributed by atoms with Gasteiger partial charge in [-0.3, -0.25) is 0 Å². The number of benzene rings is 7. The van der Waals surface area contributed by atoms with Crippen LogP contribution in [0, 0.1) is 0 Å². The highest BCUT2D eigenvalue weighted by Gasteiger charge is 2.26. The summed E-state index contributed by atoms with van der Waals surface area (Å²) in [7, 11) is 0. The molecule has 0 N–H and O–H groups in total. The van der Waals surface area contributed by atoms with Crippen LogP contribution < -0.4 is 0 Å². The minimum Gasteiger partial charge on any atom is -0.307 e. The normalized spacial score (nSPS) is 11.6. The van der Waals surface area contributed by atoms with Gasteiger partial charge in [-0.1, -0.05) is 158 Å². The van der Waals surface area contributed by atoms with Gasteiger partial charge in [0.05, 0.1) is 39.1 Å². The molecule has 0 radical (unpaired) electrons. The third-order valence-corrected chi connectivity index (χ3v) is 9.72. The average molecular weight is 639 g/mol. The predicted octanol–water partition coefficient (Wildman–Crippen LogP) is 11.7. The van der Waals surface area contributed by atoms with Crippen molar-refractivity contribution in [3.63, 3.8) is 0 Å². The summed E-state index contributed by atoms with van der Waals surface area (Å²) in [5, 5.41) is 4.77. The maximum Gasteiger partial charge on any atom is 0.160 e. The van der Waals surface area contributed by atoms with Gasteiger partial charge in [0.15, 0.2) is 5.82 Å². The van der Waals surface area contributed by atoms with Crippen LogP contribution in [0.25, 0.3) is 88.9 Å². The molecule has 0 atom stereocenters. The maximum atomic E-state index is 5.43. The lowest BCUT2D eigenvalue weighted by Crippen LogP contribution is -2.07. The third-order valence-electron chi connectivity index (χ3n) is 9.72. The largest absolute Gasteiger partial charge is 0.307 e. The molecule has 0 bridgehead atoms. The van der Waals surface area contributed by atoms with E-state index in [4.69, 9.17) is 9.97 Å². The summed E-state index contributed by atoms with van der Waals surface area (Å²) in [4.78, 5) is 10.9. The molecule has 0 spiro atoms. The van der Waals surface area contributed by atoms with E-state index in [0.29, 0.717) is 5.82 Å². The summed E-state index contributed by atoms with van der Waals surface area (Å²) in [5.41, 5.74) is 11.4. The van der Waals surface area contributed by atoms with Gasteiger partial charge in [0, 0.05) is 43.9 Å². The van der Waals surface area contributed by atoms with Gasteiger partial charge in [-0.2, -0.15) is 0 Å². The standard InChI is InChI=1S/C46H30N4/c1-5-17-31(18-6-1)41-45(42(32-19-7-2-8-20-32)48-46(47-41)33-21-9-3-10-22-33)50-40-28-16-14-26-36(40)38-30-29-37-35-25-13-15-27-39(35)49(43(37)44(38)50)34-23-11-4-12-24-34/h1-30H. The number of hydrogen-bond acceptors (Lipinski definition) is 2. The second-order valence-electron chi connectivity index (χ2n) is 12.6. The van der Waals surface area contributed by atoms with Gasteiger partial charge in [-0.15, -0.1) is 0 Å². The van der Waals surface area contributed by atoms with E-state index in [-0.39, 0.29) is 0 Å². The Morgan fingerprint density at radius 1 is 0.320 bits per heavy atom. The quantitative estimate of drug-likeness (QED) is 0.188. The molecular weight excluding hydrogens is 609 g/mol. The first kappa shape index (κ1) is 28.3. The molecule has 10 aromatic rings. The molecule has 0 aliphatic heterocycles.